The van der Waals surface area contributed by atoms with E-state index in [-0.39, 0.29) is 6.61 Å². The number of rotatable bonds is 3. The summed E-state index contributed by atoms with van der Waals surface area (Å²) in [6, 6.07) is 0. The summed E-state index contributed by atoms with van der Waals surface area (Å²) in [4.78, 5) is 2.43. The molecule has 1 atom stereocenters. The van der Waals surface area contributed by atoms with Crippen LogP contribution in [0.4, 0.5) is 0 Å². The van der Waals surface area contributed by atoms with Gasteiger partial charge in [0.15, 0.2) is 0 Å². The minimum atomic E-state index is 0.155. The van der Waals surface area contributed by atoms with E-state index in [2.05, 4.69) is 18.4 Å². The highest BCUT2D eigenvalue weighted by molar-refractivity contribution is 5.02. The van der Waals surface area contributed by atoms with Crippen LogP contribution in [-0.2, 0) is 0 Å². The molecule has 1 fully saturated rings. The van der Waals surface area contributed by atoms with Crippen LogP contribution in [0.2, 0.25) is 0 Å². The van der Waals surface area contributed by atoms with Crippen molar-refractivity contribution in [2.45, 2.75) is 19.8 Å². The second-order valence-electron chi connectivity index (χ2n) is 3.55. The maximum Gasteiger partial charge on any atom is 0.0642 e. The smallest absolute Gasteiger partial charge is 0.0642 e. The summed E-state index contributed by atoms with van der Waals surface area (Å²) in [6.45, 7) is 9.66. The Labute approximate surface area is 74.9 Å². The van der Waals surface area contributed by atoms with Crippen LogP contribution in [0.5, 0.6) is 0 Å². The summed E-state index contributed by atoms with van der Waals surface area (Å²) in [7, 11) is 0. The molecule has 0 aromatic heterocycles. The van der Waals surface area contributed by atoms with Crippen molar-refractivity contribution in [2.75, 3.05) is 26.2 Å². The molecule has 1 aliphatic heterocycles. The van der Waals surface area contributed by atoms with E-state index >= 15 is 0 Å². The maximum atomic E-state index is 8.93. The SMILES string of the molecule is C=C(CO)C1CCCN(CC)C1. The Morgan fingerprint density at radius 2 is 2.42 bits per heavy atom. The van der Waals surface area contributed by atoms with E-state index in [1.54, 1.807) is 0 Å². The second-order valence-corrected chi connectivity index (χ2v) is 3.55. The predicted octanol–water partition coefficient (Wildman–Crippen LogP) is 1.27. The van der Waals surface area contributed by atoms with Gasteiger partial charge in [-0.1, -0.05) is 13.5 Å². The van der Waals surface area contributed by atoms with Crippen LogP contribution in [0.15, 0.2) is 12.2 Å². The van der Waals surface area contributed by atoms with Gasteiger partial charge in [-0.05, 0) is 37.4 Å². The molecule has 1 heterocycles. The van der Waals surface area contributed by atoms with Gasteiger partial charge >= 0.3 is 0 Å². The van der Waals surface area contributed by atoms with Crippen LogP contribution < -0.4 is 0 Å². The van der Waals surface area contributed by atoms with Gasteiger partial charge in [0.1, 0.15) is 0 Å². The third kappa shape index (κ3) is 2.32. The third-order valence-electron chi connectivity index (χ3n) is 2.73. The summed E-state index contributed by atoms with van der Waals surface area (Å²) >= 11 is 0. The Bertz CT molecular complexity index is 156. The lowest BCUT2D eigenvalue weighted by Crippen LogP contribution is -2.36. The van der Waals surface area contributed by atoms with Crippen molar-refractivity contribution in [3.8, 4) is 0 Å². The molecule has 0 aliphatic carbocycles. The van der Waals surface area contributed by atoms with E-state index in [0.29, 0.717) is 5.92 Å². The number of hydrogen-bond donors (Lipinski definition) is 1. The van der Waals surface area contributed by atoms with Crippen molar-refractivity contribution >= 4 is 0 Å². The van der Waals surface area contributed by atoms with Gasteiger partial charge in [0.25, 0.3) is 0 Å². The van der Waals surface area contributed by atoms with Gasteiger partial charge in [0.2, 0.25) is 0 Å². The van der Waals surface area contributed by atoms with Crippen molar-refractivity contribution in [1.29, 1.82) is 0 Å². The molecular weight excluding hydrogens is 150 g/mol. The minimum Gasteiger partial charge on any atom is -0.392 e. The van der Waals surface area contributed by atoms with Crippen LogP contribution in [0, 0.1) is 5.92 Å². The quantitative estimate of drug-likeness (QED) is 0.643. The van der Waals surface area contributed by atoms with Crippen LogP contribution in [0.3, 0.4) is 0 Å². The molecule has 70 valence electrons. The first-order chi connectivity index (χ1) is 5.77. The lowest BCUT2D eigenvalue weighted by molar-refractivity contribution is 0.189. The molecule has 0 radical (unpaired) electrons. The van der Waals surface area contributed by atoms with Crippen molar-refractivity contribution in [2.24, 2.45) is 5.92 Å². The fourth-order valence-corrected chi connectivity index (χ4v) is 1.81. The molecule has 12 heavy (non-hydrogen) atoms. The van der Waals surface area contributed by atoms with E-state index < -0.39 is 0 Å². The fraction of sp³-hybridized carbons (Fsp3) is 0.800. The van der Waals surface area contributed by atoms with Gasteiger partial charge in [-0.25, -0.2) is 0 Å². The van der Waals surface area contributed by atoms with Gasteiger partial charge in [-0.2, -0.15) is 0 Å². The van der Waals surface area contributed by atoms with E-state index in [4.69, 9.17) is 5.11 Å². The van der Waals surface area contributed by atoms with Crippen molar-refractivity contribution in [1.82, 2.24) is 4.90 Å². The van der Waals surface area contributed by atoms with Crippen LogP contribution in [0.1, 0.15) is 19.8 Å². The third-order valence-corrected chi connectivity index (χ3v) is 2.73. The van der Waals surface area contributed by atoms with E-state index in [0.717, 1.165) is 18.7 Å². The van der Waals surface area contributed by atoms with Crippen molar-refractivity contribution in [3.05, 3.63) is 12.2 Å². The summed E-state index contributed by atoms with van der Waals surface area (Å²) in [5.41, 5.74) is 1.01. The molecule has 0 aromatic rings. The molecule has 0 spiro atoms. The van der Waals surface area contributed by atoms with Crippen LogP contribution >= 0.6 is 0 Å². The molecule has 2 heteroatoms. The Balaban J connectivity index is 2.40. The molecule has 0 bridgehead atoms. The molecule has 1 rings (SSSR count). The number of aliphatic hydroxyl groups is 1. The Morgan fingerprint density at radius 1 is 1.67 bits per heavy atom. The maximum absolute atomic E-state index is 8.93. The number of piperidine rings is 1. The molecule has 0 aromatic carbocycles. The lowest BCUT2D eigenvalue weighted by atomic mass is 9.92. The minimum absolute atomic E-state index is 0.155. The van der Waals surface area contributed by atoms with Crippen molar-refractivity contribution < 1.29 is 5.11 Å². The molecule has 0 amide bonds. The van der Waals surface area contributed by atoms with E-state index in [1.165, 1.54) is 19.4 Å². The van der Waals surface area contributed by atoms with Gasteiger partial charge in [0.05, 0.1) is 6.61 Å². The fourth-order valence-electron chi connectivity index (χ4n) is 1.81. The Kier molecular flexibility index (Phi) is 3.76. The second kappa shape index (κ2) is 4.63. The first kappa shape index (κ1) is 9.75. The highest BCUT2D eigenvalue weighted by Gasteiger charge is 2.19. The lowest BCUT2D eigenvalue weighted by Gasteiger charge is -2.32. The number of nitrogens with zero attached hydrogens (tertiary/aromatic N) is 1. The number of hydrogen-bond acceptors (Lipinski definition) is 2. The monoisotopic (exact) mass is 169 g/mol. The molecular formula is C10H19NO. The highest BCUT2D eigenvalue weighted by Crippen LogP contribution is 2.21. The highest BCUT2D eigenvalue weighted by atomic mass is 16.3. The average molecular weight is 169 g/mol. The largest absolute Gasteiger partial charge is 0.392 e. The Morgan fingerprint density at radius 3 is 3.00 bits per heavy atom. The normalized spacial score (nSPS) is 25.7. The van der Waals surface area contributed by atoms with E-state index in [1.807, 2.05) is 0 Å². The first-order valence-electron chi connectivity index (χ1n) is 4.78. The summed E-state index contributed by atoms with van der Waals surface area (Å²) in [5.74, 6) is 0.531. The summed E-state index contributed by atoms with van der Waals surface area (Å²) in [6.07, 6.45) is 2.45. The topological polar surface area (TPSA) is 23.5 Å². The molecule has 1 saturated heterocycles. The average Bonchev–Trinajstić information content (AvgIpc) is 2.17. The van der Waals surface area contributed by atoms with Crippen molar-refractivity contribution in [3.63, 3.8) is 0 Å². The zero-order valence-corrected chi connectivity index (χ0v) is 7.92. The number of aliphatic hydroxyl groups excluding tert-OH is 1. The van der Waals surface area contributed by atoms with Gasteiger partial charge in [0, 0.05) is 6.54 Å². The van der Waals surface area contributed by atoms with Gasteiger partial charge in [-0.15, -0.1) is 0 Å². The standard InChI is InChI=1S/C10H19NO/c1-3-11-6-4-5-10(7-11)9(2)8-12/h10,12H,2-8H2,1H3. The van der Waals surface area contributed by atoms with Gasteiger partial charge in [-0.3, -0.25) is 0 Å². The predicted molar refractivity (Wildman–Crippen MR) is 51.1 cm³/mol. The summed E-state index contributed by atoms with van der Waals surface area (Å²) in [5, 5.41) is 8.93. The number of likely N-dealkylation sites (tertiary alicyclic amines) is 1. The van der Waals surface area contributed by atoms with Gasteiger partial charge < -0.3 is 10.0 Å². The molecule has 1 unspecified atom stereocenters. The summed E-state index contributed by atoms with van der Waals surface area (Å²) < 4.78 is 0. The molecule has 1 N–H and O–H groups in total. The first-order valence-corrected chi connectivity index (χ1v) is 4.78. The van der Waals surface area contributed by atoms with E-state index in [9.17, 15) is 0 Å². The zero-order chi connectivity index (χ0) is 8.97. The molecule has 0 saturated carbocycles. The van der Waals surface area contributed by atoms with Crippen LogP contribution in [-0.4, -0.2) is 36.2 Å². The molecule has 1 aliphatic rings. The zero-order valence-electron chi connectivity index (χ0n) is 7.92. The Hall–Kier alpha value is -0.340. The van der Waals surface area contributed by atoms with Crippen LogP contribution in [0.25, 0.3) is 0 Å². The molecule has 2 nitrogen and oxygen atoms in total.